The molecule has 2 aromatic rings. The first-order valence-electron chi connectivity index (χ1n) is 5.19. The highest BCUT2D eigenvalue weighted by Gasteiger charge is 2.06. The van der Waals surface area contributed by atoms with Gasteiger partial charge < -0.3 is 5.32 Å². The number of nitrogens with zero attached hydrogens (tertiary/aromatic N) is 2. The van der Waals surface area contributed by atoms with Crippen LogP contribution in [0.4, 0.5) is 10.1 Å². The predicted molar refractivity (Wildman–Crippen MR) is 66.9 cm³/mol. The number of nitrogens with one attached hydrogen (secondary N) is 2. The zero-order valence-electron chi connectivity index (χ0n) is 9.61. The van der Waals surface area contributed by atoms with Gasteiger partial charge in [-0.25, -0.2) is 9.37 Å². The number of H-pyrrole nitrogens is 1. The second-order valence-corrected chi connectivity index (χ2v) is 4.56. The van der Waals surface area contributed by atoms with Gasteiger partial charge in [0.15, 0.2) is 5.16 Å². The zero-order chi connectivity index (χ0) is 13.0. The van der Waals surface area contributed by atoms with Gasteiger partial charge in [-0.15, -0.1) is 0 Å². The molecule has 0 radical (unpaired) electrons. The van der Waals surface area contributed by atoms with Crippen molar-refractivity contribution in [2.75, 3.05) is 11.1 Å². The molecule has 0 aliphatic heterocycles. The van der Waals surface area contributed by atoms with Crippen LogP contribution in [0.3, 0.4) is 0 Å². The lowest BCUT2D eigenvalue weighted by Gasteiger charge is -2.05. The first-order chi connectivity index (χ1) is 8.65. The third-order valence-corrected chi connectivity index (χ3v) is 3.07. The van der Waals surface area contributed by atoms with E-state index in [4.69, 9.17) is 0 Å². The van der Waals surface area contributed by atoms with Crippen LogP contribution in [0.1, 0.15) is 5.56 Å². The summed E-state index contributed by atoms with van der Waals surface area (Å²) in [6.45, 7) is 1.67. The Morgan fingerprint density at radius 1 is 1.56 bits per heavy atom. The SMILES string of the molecule is Cc1ccc(NC(=O)CSc2ncn[nH]2)cc1F. The van der Waals surface area contributed by atoms with E-state index in [1.54, 1.807) is 19.1 Å². The van der Waals surface area contributed by atoms with Gasteiger partial charge >= 0.3 is 0 Å². The molecule has 0 fully saturated rings. The van der Waals surface area contributed by atoms with Gasteiger partial charge in [-0.05, 0) is 24.6 Å². The molecule has 0 saturated carbocycles. The number of anilines is 1. The van der Waals surface area contributed by atoms with Crippen LogP contribution in [0.5, 0.6) is 0 Å². The highest BCUT2D eigenvalue weighted by molar-refractivity contribution is 7.99. The van der Waals surface area contributed by atoms with Gasteiger partial charge in [0.1, 0.15) is 12.1 Å². The number of benzene rings is 1. The lowest BCUT2D eigenvalue weighted by Crippen LogP contribution is -2.14. The minimum Gasteiger partial charge on any atom is -0.325 e. The molecule has 1 aromatic heterocycles. The molecular formula is C11H11FN4OS. The molecule has 0 aliphatic carbocycles. The molecule has 0 saturated heterocycles. The number of rotatable bonds is 4. The van der Waals surface area contributed by atoms with Crippen molar-refractivity contribution >= 4 is 23.4 Å². The van der Waals surface area contributed by atoms with Crippen LogP contribution >= 0.6 is 11.8 Å². The van der Waals surface area contributed by atoms with Crippen LogP contribution in [-0.2, 0) is 4.79 Å². The van der Waals surface area contributed by atoms with Crippen molar-refractivity contribution in [1.29, 1.82) is 0 Å². The average Bonchev–Trinajstić information content (AvgIpc) is 2.84. The van der Waals surface area contributed by atoms with E-state index in [-0.39, 0.29) is 17.5 Å². The third-order valence-electron chi connectivity index (χ3n) is 2.19. The lowest BCUT2D eigenvalue weighted by molar-refractivity contribution is -0.113. The van der Waals surface area contributed by atoms with Crippen LogP contribution in [-0.4, -0.2) is 26.8 Å². The van der Waals surface area contributed by atoms with Gasteiger partial charge in [0.25, 0.3) is 0 Å². The third kappa shape index (κ3) is 3.30. The summed E-state index contributed by atoms with van der Waals surface area (Å²) in [7, 11) is 0. The number of aromatic nitrogens is 3. The van der Waals surface area contributed by atoms with E-state index < -0.39 is 0 Å². The molecule has 2 rings (SSSR count). The first-order valence-corrected chi connectivity index (χ1v) is 6.18. The van der Waals surface area contributed by atoms with Crippen LogP contribution in [0.25, 0.3) is 0 Å². The maximum Gasteiger partial charge on any atom is 0.234 e. The van der Waals surface area contributed by atoms with Crippen molar-refractivity contribution in [1.82, 2.24) is 15.2 Å². The summed E-state index contributed by atoms with van der Waals surface area (Å²) in [6.07, 6.45) is 1.37. The largest absolute Gasteiger partial charge is 0.325 e. The summed E-state index contributed by atoms with van der Waals surface area (Å²) in [5.41, 5.74) is 0.991. The molecule has 1 amide bonds. The predicted octanol–water partition coefficient (Wildman–Crippen LogP) is 1.98. The highest BCUT2D eigenvalue weighted by atomic mass is 32.2. The van der Waals surface area contributed by atoms with Crippen molar-refractivity contribution in [3.8, 4) is 0 Å². The standard InChI is InChI=1S/C11H11FN4OS/c1-7-2-3-8(4-9(7)12)15-10(17)5-18-11-13-6-14-16-11/h2-4,6H,5H2,1H3,(H,15,17)(H,13,14,16). The monoisotopic (exact) mass is 266 g/mol. The van der Waals surface area contributed by atoms with Crippen LogP contribution in [0, 0.1) is 12.7 Å². The van der Waals surface area contributed by atoms with Crippen LogP contribution < -0.4 is 5.32 Å². The molecule has 1 heterocycles. The Labute approximate surface area is 107 Å². The molecule has 0 spiro atoms. The number of hydrogen-bond acceptors (Lipinski definition) is 4. The fourth-order valence-corrected chi connectivity index (χ4v) is 1.84. The lowest BCUT2D eigenvalue weighted by atomic mass is 10.2. The number of carbonyl (C=O) groups excluding carboxylic acids is 1. The number of thioether (sulfide) groups is 1. The number of amides is 1. The van der Waals surface area contributed by atoms with E-state index in [9.17, 15) is 9.18 Å². The Morgan fingerprint density at radius 3 is 3.06 bits per heavy atom. The van der Waals surface area contributed by atoms with E-state index in [0.29, 0.717) is 16.4 Å². The zero-order valence-corrected chi connectivity index (χ0v) is 10.4. The molecule has 0 unspecified atom stereocenters. The van der Waals surface area contributed by atoms with Crippen molar-refractivity contribution in [2.45, 2.75) is 12.1 Å². The second-order valence-electron chi connectivity index (χ2n) is 3.59. The second kappa shape index (κ2) is 5.63. The molecule has 0 aliphatic rings. The minimum atomic E-state index is -0.337. The quantitative estimate of drug-likeness (QED) is 0.830. The Balaban J connectivity index is 1.88. The van der Waals surface area contributed by atoms with Gasteiger partial charge in [0, 0.05) is 5.69 Å². The summed E-state index contributed by atoms with van der Waals surface area (Å²) < 4.78 is 13.3. The minimum absolute atomic E-state index is 0.185. The molecule has 7 heteroatoms. The van der Waals surface area contributed by atoms with E-state index >= 15 is 0 Å². The van der Waals surface area contributed by atoms with Crippen LogP contribution in [0.15, 0.2) is 29.7 Å². The van der Waals surface area contributed by atoms with E-state index in [1.165, 1.54) is 24.2 Å². The van der Waals surface area contributed by atoms with E-state index in [2.05, 4.69) is 20.5 Å². The Hall–Kier alpha value is -1.89. The fraction of sp³-hybridized carbons (Fsp3) is 0.182. The fourth-order valence-electron chi connectivity index (χ4n) is 1.27. The molecule has 0 atom stereocenters. The number of aryl methyl sites for hydroxylation is 1. The molecule has 0 bridgehead atoms. The smallest absolute Gasteiger partial charge is 0.234 e. The Morgan fingerprint density at radius 2 is 2.39 bits per heavy atom. The summed E-state index contributed by atoms with van der Waals surface area (Å²) >= 11 is 1.23. The van der Waals surface area contributed by atoms with Gasteiger partial charge in [-0.1, -0.05) is 17.8 Å². The Kier molecular flexibility index (Phi) is 3.93. The highest BCUT2D eigenvalue weighted by Crippen LogP contribution is 2.15. The summed E-state index contributed by atoms with van der Waals surface area (Å²) in [5, 5.41) is 9.48. The molecular weight excluding hydrogens is 255 g/mol. The molecule has 5 nitrogen and oxygen atoms in total. The Bertz CT molecular complexity index is 544. The molecule has 18 heavy (non-hydrogen) atoms. The summed E-state index contributed by atoms with van der Waals surface area (Å²) in [6, 6.07) is 4.58. The average molecular weight is 266 g/mol. The van der Waals surface area contributed by atoms with Gasteiger partial charge in [-0.3, -0.25) is 9.89 Å². The van der Waals surface area contributed by atoms with Crippen molar-refractivity contribution < 1.29 is 9.18 Å². The van der Waals surface area contributed by atoms with Gasteiger partial charge in [0.2, 0.25) is 5.91 Å². The molecule has 2 N–H and O–H groups in total. The van der Waals surface area contributed by atoms with Crippen LogP contribution in [0.2, 0.25) is 0 Å². The normalized spacial score (nSPS) is 10.3. The number of carbonyl (C=O) groups is 1. The number of halogens is 1. The van der Waals surface area contributed by atoms with Gasteiger partial charge in [0.05, 0.1) is 5.75 Å². The maximum absolute atomic E-state index is 13.3. The topological polar surface area (TPSA) is 70.7 Å². The van der Waals surface area contributed by atoms with E-state index in [1.807, 2.05) is 0 Å². The number of hydrogen-bond donors (Lipinski definition) is 2. The summed E-state index contributed by atoms with van der Waals surface area (Å²) in [4.78, 5) is 15.5. The molecule has 1 aromatic carbocycles. The maximum atomic E-state index is 13.3. The van der Waals surface area contributed by atoms with Crippen molar-refractivity contribution in [2.24, 2.45) is 0 Å². The summed E-state index contributed by atoms with van der Waals surface area (Å²) in [5.74, 6) is -0.375. The number of aromatic amines is 1. The molecule has 94 valence electrons. The van der Waals surface area contributed by atoms with E-state index in [0.717, 1.165) is 0 Å². The van der Waals surface area contributed by atoms with Crippen molar-refractivity contribution in [3.63, 3.8) is 0 Å². The van der Waals surface area contributed by atoms with Crippen molar-refractivity contribution in [3.05, 3.63) is 35.9 Å². The first kappa shape index (κ1) is 12.6. The van der Waals surface area contributed by atoms with Gasteiger partial charge in [-0.2, -0.15) is 5.10 Å².